The van der Waals surface area contributed by atoms with Crippen molar-refractivity contribution in [3.63, 3.8) is 0 Å². The third-order valence-electron chi connectivity index (χ3n) is 4.08. The molecule has 0 aromatic heterocycles. The topological polar surface area (TPSA) is 49.3 Å². The van der Waals surface area contributed by atoms with E-state index in [2.05, 4.69) is 5.32 Å². The number of carbonyl (C=O) groups excluding carboxylic acids is 1. The van der Waals surface area contributed by atoms with Crippen LogP contribution in [0.5, 0.6) is 0 Å². The van der Waals surface area contributed by atoms with Crippen molar-refractivity contribution in [2.75, 3.05) is 6.61 Å². The number of aliphatic hydroxyl groups is 1. The van der Waals surface area contributed by atoms with Gasteiger partial charge in [0.2, 0.25) is 5.91 Å². The Morgan fingerprint density at radius 1 is 1.22 bits per heavy atom. The van der Waals surface area contributed by atoms with Gasteiger partial charge in [0.15, 0.2) is 17.5 Å². The predicted molar refractivity (Wildman–Crippen MR) is 80.0 cm³/mol. The fourth-order valence-corrected chi connectivity index (χ4v) is 2.78. The molecule has 2 rings (SSSR count). The normalized spacial score (nSPS) is 17.4. The van der Waals surface area contributed by atoms with Gasteiger partial charge in [-0.1, -0.05) is 25.3 Å². The van der Waals surface area contributed by atoms with Gasteiger partial charge >= 0.3 is 0 Å². The maximum Gasteiger partial charge on any atom is 0.244 e. The second kappa shape index (κ2) is 8.15. The first-order valence-electron chi connectivity index (χ1n) is 7.75. The molecule has 1 saturated carbocycles. The zero-order valence-electron chi connectivity index (χ0n) is 12.7. The Balaban J connectivity index is 2.01. The minimum atomic E-state index is -1.58. The summed E-state index contributed by atoms with van der Waals surface area (Å²) in [5.74, 6) is -4.38. The summed E-state index contributed by atoms with van der Waals surface area (Å²) in [7, 11) is 0. The highest BCUT2D eigenvalue weighted by Gasteiger charge is 2.18. The van der Waals surface area contributed by atoms with E-state index in [1.54, 1.807) is 0 Å². The molecular weight excluding hydrogens is 307 g/mol. The SMILES string of the molecule is O=C(/C=C/C1CCCCC1)NC(CO)c1cc(F)c(F)c(F)c1. The summed E-state index contributed by atoms with van der Waals surface area (Å²) in [4.78, 5) is 11.9. The molecule has 2 N–H and O–H groups in total. The lowest BCUT2D eigenvalue weighted by molar-refractivity contribution is -0.117. The molecule has 1 fully saturated rings. The first kappa shape index (κ1) is 17.5. The lowest BCUT2D eigenvalue weighted by atomic mass is 9.89. The smallest absolute Gasteiger partial charge is 0.244 e. The molecule has 0 radical (unpaired) electrons. The predicted octanol–water partition coefficient (Wildman–Crippen LogP) is 3.39. The van der Waals surface area contributed by atoms with Crippen molar-refractivity contribution in [2.45, 2.75) is 38.1 Å². The molecule has 1 aromatic carbocycles. The van der Waals surface area contributed by atoms with Gasteiger partial charge < -0.3 is 10.4 Å². The summed E-state index contributed by atoms with van der Waals surface area (Å²) in [5, 5.41) is 11.8. The van der Waals surface area contributed by atoms with Gasteiger partial charge in [-0.05, 0) is 42.5 Å². The Labute approximate surface area is 133 Å². The van der Waals surface area contributed by atoms with Crippen LogP contribution in [0.3, 0.4) is 0 Å². The van der Waals surface area contributed by atoms with Crippen molar-refractivity contribution in [1.29, 1.82) is 0 Å². The number of hydrogen-bond donors (Lipinski definition) is 2. The Bertz CT molecular complexity index is 560. The van der Waals surface area contributed by atoms with Gasteiger partial charge in [0.05, 0.1) is 12.6 Å². The van der Waals surface area contributed by atoms with Crippen molar-refractivity contribution in [3.05, 3.63) is 47.3 Å². The van der Waals surface area contributed by atoms with E-state index in [9.17, 15) is 23.1 Å². The van der Waals surface area contributed by atoms with Gasteiger partial charge in [0.25, 0.3) is 0 Å². The molecule has 1 aromatic rings. The maximum atomic E-state index is 13.2. The number of benzene rings is 1. The van der Waals surface area contributed by atoms with Gasteiger partial charge in [-0.3, -0.25) is 4.79 Å². The molecule has 1 unspecified atom stereocenters. The van der Waals surface area contributed by atoms with E-state index in [-0.39, 0.29) is 5.56 Å². The van der Waals surface area contributed by atoms with Gasteiger partial charge in [-0.15, -0.1) is 0 Å². The average Bonchev–Trinajstić information content (AvgIpc) is 2.56. The summed E-state index contributed by atoms with van der Waals surface area (Å²) >= 11 is 0. The Morgan fingerprint density at radius 2 is 1.83 bits per heavy atom. The third-order valence-corrected chi connectivity index (χ3v) is 4.08. The van der Waals surface area contributed by atoms with Crippen molar-refractivity contribution in [1.82, 2.24) is 5.32 Å². The van der Waals surface area contributed by atoms with Crippen LogP contribution in [-0.2, 0) is 4.79 Å². The first-order valence-corrected chi connectivity index (χ1v) is 7.75. The number of amides is 1. The number of carbonyl (C=O) groups is 1. The van der Waals surface area contributed by atoms with Crippen molar-refractivity contribution in [3.8, 4) is 0 Å². The molecule has 3 nitrogen and oxygen atoms in total. The van der Waals surface area contributed by atoms with E-state index in [4.69, 9.17) is 0 Å². The zero-order valence-corrected chi connectivity index (χ0v) is 12.7. The van der Waals surface area contributed by atoms with Gasteiger partial charge in [-0.25, -0.2) is 13.2 Å². The first-order chi connectivity index (χ1) is 11.0. The van der Waals surface area contributed by atoms with Crippen molar-refractivity contribution < 1.29 is 23.1 Å². The average molecular weight is 327 g/mol. The van der Waals surface area contributed by atoms with Crippen LogP contribution in [0.2, 0.25) is 0 Å². The number of hydrogen-bond acceptors (Lipinski definition) is 2. The van der Waals surface area contributed by atoms with E-state index in [1.807, 2.05) is 6.08 Å². The Kier molecular flexibility index (Phi) is 6.21. The second-order valence-corrected chi connectivity index (χ2v) is 5.80. The number of allylic oxidation sites excluding steroid dienone is 1. The monoisotopic (exact) mass is 327 g/mol. The van der Waals surface area contributed by atoms with Gasteiger partial charge in [0.1, 0.15) is 0 Å². The van der Waals surface area contributed by atoms with Crippen LogP contribution in [0.25, 0.3) is 0 Å². The molecule has 0 heterocycles. The standard InChI is InChI=1S/C17H20F3NO2/c18-13-8-12(9-14(19)17(13)20)15(10-22)21-16(23)7-6-11-4-2-1-3-5-11/h6-9,11,15,22H,1-5,10H2,(H,21,23)/b7-6+. The molecule has 1 amide bonds. The fourth-order valence-electron chi connectivity index (χ4n) is 2.78. The number of aliphatic hydroxyl groups excluding tert-OH is 1. The molecule has 1 aliphatic carbocycles. The lowest BCUT2D eigenvalue weighted by Crippen LogP contribution is -2.29. The summed E-state index contributed by atoms with van der Waals surface area (Å²) in [6, 6.07) is 0.539. The van der Waals surface area contributed by atoms with Crippen LogP contribution in [0.15, 0.2) is 24.3 Å². The van der Waals surface area contributed by atoms with Crippen LogP contribution in [0.1, 0.15) is 43.7 Å². The molecule has 0 bridgehead atoms. The maximum absolute atomic E-state index is 13.2. The highest BCUT2D eigenvalue weighted by molar-refractivity contribution is 5.87. The minimum Gasteiger partial charge on any atom is -0.394 e. The third kappa shape index (κ3) is 4.82. The second-order valence-electron chi connectivity index (χ2n) is 5.80. The van der Waals surface area contributed by atoms with Crippen LogP contribution >= 0.6 is 0 Å². The van der Waals surface area contributed by atoms with Gasteiger partial charge in [-0.2, -0.15) is 0 Å². The largest absolute Gasteiger partial charge is 0.394 e. The summed E-state index contributed by atoms with van der Waals surface area (Å²) < 4.78 is 39.4. The van der Waals surface area contributed by atoms with Crippen molar-refractivity contribution >= 4 is 5.91 Å². The number of halogens is 3. The van der Waals surface area contributed by atoms with Crippen LogP contribution in [0, 0.1) is 23.4 Å². The highest BCUT2D eigenvalue weighted by Crippen LogP contribution is 2.24. The molecule has 1 atom stereocenters. The molecule has 23 heavy (non-hydrogen) atoms. The minimum absolute atomic E-state index is 0.0247. The van der Waals surface area contributed by atoms with Crippen LogP contribution in [0.4, 0.5) is 13.2 Å². The molecule has 0 saturated heterocycles. The zero-order chi connectivity index (χ0) is 16.8. The van der Waals surface area contributed by atoms with Crippen LogP contribution in [-0.4, -0.2) is 17.6 Å². The molecule has 6 heteroatoms. The molecule has 0 aliphatic heterocycles. The fraction of sp³-hybridized carbons (Fsp3) is 0.471. The quantitative estimate of drug-likeness (QED) is 0.643. The van der Waals surface area contributed by atoms with Crippen molar-refractivity contribution in [2.24, 2.45) is 5.92 Å². The molecule has 126 valence electrons. The summed E-state index contributed by atoms with van der Waals surface area (Å²) in [6.07, 6.45) is 8.80. The van der Waals surface area contributed by atoms with E-state index in [1.165, 1.54) is 12.5 Å². The highest BCUT2D eigenvalue weighted by atomic mass is 19.2. The number of nitrogens with one attached hydrogen (secondary N) is 1. The van der Waals surface area contributed by atoms with E-state index >= 15 is 0 Å². The Morgan fingerprint density at radius 3 is 2.39 bits per heavy atom. The Hall–Kier alpha value is -1.82. The molecule has 1 aliphatic rings. The number of rotatable bonds is 5. The summed E-state index contributed by atoms with van der Waals surface area (Å²) in [5.41, 5.74) is -0.0247. The van der Waals surface area contributed by atoms with E-state index in [0.717, 1.165) is 37.8 Å². The lowest BCUT2D eigenvalue weighted by Gasteiger charge is -2.18. The molecular formula is C17H20F3NO2. The van der Waals surface area contributed by atoms with E-state index < -0.39 is 36.0 Å². The van der Waals surface area contributed by atoms with Gasteiger partial charge in [0, 0.05) is 0 Å². The van der Waals surface area contributed by atoms with E-state index in [0.29, 0.717) is 5.92 Å². The van der Waals surface area contributed by atoms with Crippen LogP contribution < -0.4 is 5.32 Å². The summed E-state index contributed by atoms with van der Waals surface area (Å²) in [6.45, 7) is -0.548. The molecule has 0 spiro atoms.